The highest BCUT2D eigenvalue weighted by molar-refractivity contribution is 5.96. The van der Waals surface area contributed by atoms with Crippen LogP contribution in [-0.2, 0) is 27.2 Å². The number of carbonyl (C=O) groups excluding carboxylic acids is 1. The van der Waals surface area contributed by atoms with E-state index in [1.54, 1.807) is 24.3 Å². The molecule has 2 heterocycles. The molecule has 1 amide bonds. The van der Waals surface area contributed by atoms with Crippen molar-refractivity contribution in [1.82, 2.24) is 10.3 Å². The monoisotopic (exact) mass is 538 g/mol. The lowest BCUT2D eigenvalue weighted by Gasteiger charge is -2.13. The summed E-state index contributed by atoms with van der Waals surface area (Å²) in [5.74, 6) is -0.641. The molecule has 40 heavy (non-hydrogen) atoms. The van der Waals surface area contributed by atoms with Gasteiger partial charge in [0.25, 0.3) is 5.91 Å². The molecule has 4 aromatic rings. The molecule has 0 saturated heterocycles. The van der Waals surface area contributed by atoms with E-state index in [0.717, 1.165) is 22.3 Å². The number of rotatable bonds is 11. The van der Waals surface area contributed by atoms with Gasteiger partial charge in [0.15, 0.2) is 12.9 Å². The fraction of sp³-hybridized carbons (Fsp3) is 0.129. The second-order valence-corrected chi connectivity index (χ2v) is 8.85. The van der Waals surface area contributed by atoms with E-state index in [2.05, 4.69) is 10.3 Å². The molecule has 1 unspecified atom stereocenters. The van der Waals surface area contributed by atoms with E-state index in [-0.39, 0.29) is 29.9 Å². The molecule has 1 atom stereocenters. The Hall–Kier alpha value is -5.31. The Kier molecular flexibility index (Phi) is 8.21. The first-order valence-electron chi connectivity index (χ1n) is 12.5. The van der Waals surface area contributed by atoms with E-state index < -0.39 is 12.3 Å². The van der Waals surface area contributed by atoms with Gasteiger partial charge in [-0.3, -0.25) is 4.79 Å². The summed E-state index contributed by atoms with van der Waals surface area (Å²) in [6, 6.07) is 28.0. The summed E-state index contributed by atoms with van der Waals surface area (Å²) in [4.78, 5) is 27.8. The number of aromatic nitrogens is 1. The molecule has 5 rings (SSSR count). The number of pyridine rings is 1. The first-order chi connectivity index (χ1) is 19.5. The number of hydrogen-bond acceptors (Lipinski definition) is 7. The summed E-state index contributed by atoms with van der Waals surface area (Å²) >= 11 is 0. The predicted molar refractivity (Wildman–Crippen MR) is 145 cm³/mol. The molecule has 202 valence electrons. The minimum Gasteiger partial charge on any atom is -0.482 e. The molecular formula is C31H26N2O7. The van der Waals surface area contributed by atoms with Crippen LogP contribution in [0.1, 0.15) is 21.5 Å². The predicted octanol–water partition coefficient (Wildman–Crippen LogP) is 4.94. The van der Waals surface area contributed by atoms with Crippen LogP contribution in [-0.4, -0.2) is 34.9 Å². The largest absolute Gasteiger partial charge is 0.482 e. The lowest BCUT2D eigenvalue weighted by Crippen LogP contribution is -2.24. The minimum absolute atomic E-state index is 0.112. The Morgan fingerprint density at radius 3 is 2.33 bits per heavy atom. The zero-order chi connectivity index (χ0) is 27.7. The van der Waals surface area contributed by atoms with Gasteiger partial charge in [-0.2, -0.15) is 0 Å². The average Bonchev–Trinajstić information content (AvgIpc) is 3.42. The summed E-state index contributed by atoms with van der Waals surface area (Å²) < 4.78 is 22.2. The van der Waals surface area contributed by atoms with Crippen molar-refractivity contribution in [3.8, 4) is 22.8 Å². The highest BCUT2D eigenvalue weighted by Crippen LogP contribution is 2.25. The summed E-state index contributed by atoms with van der Waals surface area (Å²) in [5, 5.41) is 11.6. The van der Waals surface area contributed by atoms with Gasteiger partial charge in [0.05, 0.1) is 0 Å². The molecule has 0 spiro atoms. The quantitative estimate of drug-likeness (QED) is 0.276. The zero-order valence-electron chi connectivity index (χ0n) is 21.4. The number of aliphatic carboxylic acids is 1. The van der Waals surface area contributed by atoms with Crippen molar-refractivity contribution in [2.24, 2.45) is 0 Å². The highest BCUT2D eigenvalue weighted by Gasteiger charge is 2.24. The molecule has 0 bridgehead atoms. The van der Waals surface area contributed by atoms with E-state index >= 15 is 0 Å². The van der Waals surface area contributed by atoms with Crippen molar-refractivity contribution in [3.05, 3.63) is 126 Å². The molecule has 9 heteroatoms. The molecule has 0 saturated carbocycles. The van der Waals surface area contributed by atoms with Crippen LogP contribution in [0.15, 0.2) is 109 Å². The van der Waals surface area contributed by atoms with Crippen LogP contribution in [0, 0.1) is 0 Å². The smallest absolute Gasteiger partial charge is 0.341 e. The Balaban J connectivity index is 1.14. The normalized spacial score (nSPS) is 13.9. The molecule has 1 aromatic heterocycles. The second kappa shape index (κ2) is 12.5. The van der Waals surface area contributed by atoms with E-state index in [0.29, 0.717) is 18.7 Å². The van der Waals surface area contributed by atoms with Crippen LogP contribution in [0.2, 0.25) is 0 Å². The molecular weight excluding hydrogens is 512 g/mol. The topological polar surface area (TPSA) is 116 Å². The molecule has 0 fully saturated rings. The van der Waals surface area contributed by atoms with Crippen LogP contribution < -0.4 is 14.8 Å². The number of carbonyl (C=O) groups is 2. The van der Waals surface area contributed by atoms with Gasteiger partial charge in [0.2, 0.25) is 12.2 Å². The van der Waals surface area contributed by atoms with E-state index in [1.165, 1.54) is 12.5 Å². The van der Waals surface area contributed by atoms with Gasteiger partial charge in [-0.05, 0) is 46.5 Å². The molecule has 3 aromatic carbocycles. The maximum absolute atomic E-state index is 13.0. The Bertz CT molecular complexity index is 1490. The van der Waals surface area contributed by atoms with E-state index in [4.69, 9.17) is 24.1 Å². The molecule has 0 radical (unpaired) electrons. The molecule has 1 aliphatic heterocycles. The first-order valence-corrected chi connectivity index (χ1v) is 12.5. The summed E-state index contributed by atoms with van der Waals surface area (Å²) in [5.41, 5.74) is 4.16. The van der Waals surface area contributed by atoms with Crippen LogP contribution in [0.3, 0.4) is 0 Å². The van der Waals surface area contributed by atoms with Gasteiger partial charge in [0.1, 0.15) is 11.3 Å². The number of ether oxygens (including phenoxy) is 4. The number of nitrogens with zero attached hydrogens (tertiary/aromatic N) is 1. The maximum Gasteiger partial charge on any atom is 0.341 e. The molecule has 2 N–H and O–H groups in total. The standard InChI is InChI=1S/C31H26N2O7/c34-27(35)19-37-25-14-12-24(13-15-25)23-10-8-22(9-11-23)18-33-30(36)26-7-4-16-32-31(26)40-29-20-38-28(39-29)17-21-5-2-1-3-6-21/h1-16,20,28H,17-19H2,(H,33,36)(H,34,35). The lowest BCUT2D eigenvalue weighted by molar-refractivity contribution is -0.139. The van der Waals surface area contributed by atoms with Gasteiger partial charge in [-0.1, -0.05) is 66.7 Å². The summed E-state index contributed by atoms with van der Waals surface area (Å²) in [6.45, 7) is -0.0847. The average molecular weight is 539 g/mol. The van der Waals surface area contributed by atoms with E-state index in [9.17, 15) is 9.59 Å². The Labute approximate surface area is 230 Å². The second-order valence-electron chi connectivity index (χ2n) is 8.85. The molecule has 9 nitrogen and oxygen atoms in total. The zero-order valence-corrected chi connectivity index (χ0v) is 21.4. The highest BCUT2D eigenvalue weighted by atomic mass is 16.8. The van der Waals surface area contributed by atoms with Crippen LogP contribution in [0.4, 0.5) is 0 Å². The van der Waals surface area contributed by atoms with Gasteiger partial charge in [-0.15, -0.1) is 0 Å². The van der Waals surface area contributed by atoms with Crippen LogP contribution in [0.25, 0.3) is 11.1 Å². The summed E-state index contributed by atoms with van der Waals surface area (Å²) in [6.07, 6.45) is 2.94. The fourth-order valence-electron chi connectivity index (χ4n) is 3.98. The Morgan fingerprint density at radius 2 is 1.60 bits per heavy atom. The number of carboxylic acids is 1. The van der Waals surface area contributed by atoms with Gasteiger partial charge in [0, 0.05) is 19.2 Å². The SMILES string of the molecule is O=C(O)COc1ccc(-c2ccc(CNC(=O)c3cccnc3OC3=COC(Cc4ccccc4)O3)cc2)cc1. The van der Waals surface area contributed by atoms with Gasteiger partial charge < -0.3 is 29.4 Å². The van der Waals surface area contributed by atoms with Crippen molar-refractivity contribution in [3.63, 3.8) is 0 Å². The number of amides is 1. The van der Waals surface area contributed by atoms with Crippen LogP contribution >= 0.6 is 0 Å². The lowest BCUT2D eigenvalue weighted by atomic mass is 10.0. The number of hydrogen-bond donors (Lipinski definition) is 2. The summed E-state index contributed by atoms with van der Waals surface area (Å²) in [7, 11) is 0. The molecule has 0 aliphatic carbocycles. The third kappa shape index (κ3) is 6.96. The van der Waals surface area contributed by atoms with Crippen molar-refractivity contribution < 1.29 is 33.6 Å². The fourth-order valence-corrected chi connectivity index (χ4v) is 3.98. The minimum atomic E-state index is -1.03. The van der Waals surface area contributed by atoms with Crippen LogP contribution in [0.5, 0.6) is 11.6 Å². The number of benzene rings is 3. The Morgan fingerprint density at radius 1 is 0.875 bits per heavy atom. The third-order valence-corrected chi connectivity index (χ3v) is 5.98. The van der Waals surface area contributed by atoms with E-state index in [1.807, 2.05) is 66.7 Å². The number of carboxylic acid groups (broad SMARTS) is 1. The maximum atomic E-state index is 13.0. The third-order valence-electron chi connectivity index (χ3n) is 5.98. The van der Waals surface area contributed by atoms with Crippen molar-refractivity contribution in [1.29, 1.82) is 0 Å². The van der Waals surface area contributed by atoms with Gasteiger partial charge >= 0.3 is 11.9 Å². The molecule has 1 aliphatic rings. The first kappa shape index (κ1) is 26.3. The van der Waals surface area contributed by atoms with Gasteiger partial charge in [-0.25, -0.2) is 9.78 Å². The van der Waals surface area contributed by atoms with Crippen molar-refractivity contribution >= 4 is 11.9 Å². The number of nitrogens with one attached hydrogen (secondary N) is 1. The van der Waals surface area contributed by atoms with Crippen molar-refractivity contribution in [2.75, 3.05) is 6.61 Å². The van der Waals surface area contributed by atoms with Crippen molar-refractivity contribution in [2.45, 2.75) is 19.3 Å².